The number of hydrogen-bond donors (Lipinski definition) is 1. The summed E-state index contributed by atoms with van der Waals surface area (Å²) in [5.74, 6) is -0.594. The molecule has 3 aromatic carbocycles. The van der Waals surface area contributed by atoms with E-state index in [1.807, 2.05) is 49.4 Å². The van der Waals surface area contributed by atoms with Gasteiger partial charge in [-0.2, -0.15) is 0 Å². The molecule has 0 heterocycles. The minimum absolute atomic E-state index is 0.284. The van der Waals surface area contributed by atoms with Crippen molar-refractivity contribution in [1.82, 2.24) is 0 Å². The molecule has 0 saturated heterocycles. The van der Waals surface area contributed by atoms with E-state index in [1.165, 1.54) is 14.0 Å². The number of rotatable bonds is 5. The second kappa shape index (κ2) is 7.91. The molecule has 0 unspecified atom stereocenters. The van der Waals surface area contributed by atoms with Crippen LogP contribution in [0.4, 0.5) is 5.69 Å². The first kappa shape index (κ1) is 18.5. The van der Waals surface area contributed by atoms with E-state index in [-0.39, 0.29) is 5.56 Å². The molecule has 1 amide bonds. The molecule has 0 aliphatic carbocycles. The first-order chi connectivity index (χ1) is 13.0. The molecule has 0 spiro atoms. The predicted molar refractivity (Wildman–Crippen MR) is 105 cm³/mol. The Labute approximate surface area is 157 Å². The number of anilines is 1. The summed E-state index contributed by atoms with van der Waals surface area (Å²) in [7, 11) is 1.49. The SMILES string of the molecule is COc1cc2ccccc2cc1C(=O)O[C@H](C)C(=O)Nc1cccc(C)c1. The summed E-state index contributed by atoms with van der Waals surface area (Å²) in [5.41, 5.74) is 1.97. The molecule has 0 bridgehead atoms. The van der Waals surface area contributed by atoms with Gasteiger partial charge in [0.1, 0.15) is 11.3 Å². The first-order valence-electron chi connectivity index (χ1n) is 8.63. The second-order valence-electron chi connectivity index (χ2n) is 6.31. The minimum Gasteiger partial charge on any atom is -0.496 e. The number of hydrogen-bond acceptors (Lipinski definition) is 4. The van der Waals surface area contributed by atoms with Crippen molar-refractivity contribution in [2.75, 3.05) is 12.4 Å². The van der Waals surface area contributed by atoms with Gasteiger partial charge in [0.2, 0.25) is 0 Å². The van der Waals surface area contributed by atoms with Crippen LogP contribution in [-0.2, 0) is 9.53 Å². The summed E-state index contributed by atoms with van der Waals surface area (Å²) in [6.07, 6.45) is -0.950. The summed E-state index contributed by atoms with van der Waals surface area (Å²) >= 11 is 0. The third kappa shape index (κ3) is 4.26. The van der Waals surface area contributed by atoms with Gasteiger partial charge in [0.05, 0.1) is 7.11 Å². The molecule has 0 aliphatic rings. The molecule has 1 N–H and O–H groups in total. The summed E-state index contributed by atoms with van der Waals surface area (Å²) in [5, 5.41) is 4.60. The van der Waals surface area contributed by atoms with Gasteiger partial charge in [-0.05, 0) is 54.4 Å². The minimum atomic E-state index is -0.950. The summed E-state index contributed by atoms with van der Waals surface area (Å²) in [6.45, 7) is 3.47. The van der Waals surface area contributed by atoms with Crippen LogP contribution >= 0.6 is 0 Å². The lowest BCUT2D eigenvalue weighted by Gasteiger charge is -2.15. The van der Waals surface area contributed by atoms with Gasteiger partial charge in [0.15, 0.2) is 6.10 Å². The van der Waals surface area contributed by atoms with E-state index < -0.39 is 18.0 Å². The van der Waals surface area contributed by atoms with Gasteiger partial charge in [-0.25, -0.2) is 4.79 Å². The molecule has 0 fully saturated rings. The summed E-state index contributed by atoms with van der Waals surface area (Å²) < 4.78 is 10.7. The largest absolute Gasteiger partial charge is 0.496 e. The average Bonchev–Trinajstić information content (AvgIpc) is 2.66. The van der Waals surface area contributed by atoms with E-state index in [4.69, 9.17) is 9.47 Å². The molecular weight excluding hydrogens is 342 g/mol. The number of carbonyl (C=O) groups excluding carboxylic acids is 2. The van der Waals surface area contributed by atoms with Crippen molar-refractivity contribution in [3.63, 3.8) is 0 Å². The molecule has 5 nitrogen and oxygen atoms in total. The lowest BCUT2D eigenvalue weighted by molar-refractivity contribution is -0.123. The van der Waals surface area contributed by atoms with Crippen LogP contribution in [0.2, 0.25) is 0 Å². The number of esters is 1. The fourth-order valence-electron chi connectivity index (χ4n) is 2.79. The highest BCUT2D eigenvalue weighted by Gasteiger charge is 2.22. The Morgan fingerprint density at radius 1 is 0.963 bits per heavy atom. The van der Waals surface area contributed by atoms with Crippen LogP contribution in [0.3, 0.4) is 0 Å². The van der Waals surface area contributed by atoms with Crippen molar-refractivity contribution >= 4 is 28.3 Å². The van der Waals surface area contributed by atoms with Crippen molar-refractivity contribution in [1.29, 1.82) is 0 Å². The quantitative estimate of drug-likeness (QED) is 0.685. The molecular formula is C22H21NO4. The maximum absolute atomic E-state index is 12.6. The van der Waals surface area contributed by atoms with Crippen LogP contribution < -0.4 is 10.1 Å². The normalized spacial score (nSPS) is 11.7. The van der Waals surface area contributed by atoms with E-state index >= 15 is 0 Å². The van der Waals surface area contributed by atoms with Crippen molar-refractivity contribution < 1.29 is 19.1 Å². The number of amides is 1. The highest BCUT2D eigenvalue weighted by Crippen LogP contribution is 2.27. The van der Waals surface area contributed by atoms with E-state index in [2.05, 4.69) is 5.32 Å². The van der Waals surface area contributed by atoms with Gasteiger partial charge in [-0.3, -0.25) is 4.79 Å². The standard InChI is InChI=1S/C22H21NO4/c1-14-7-6-10-18(11-14)23-21(24)15(2)27-22(25)19-12-16-8-4-5-9-17(16)13-20(19)26-3/h4-13,15H,1-3H3,(H,23,24)/t15-/m1/s1. The average molecular weight is 363 g/mol. The Morgan fingerprint density at radius 3 is 2.33 bits per heavy atom. The molecule has 138 valence electrons. The topological polar surface area (TPSA) is 64.6 Å². The molecule has 1 atom stereocenters. The van der Waals surface area contributed by atoms with Crippen LogP contribution in [0.15, 0.2) is 60.7 Å². The van der Waals surface area contributed by atoms with Crippen molar-refractivity contribution in [2.45, 2.75) is 20.0 Å². The van der Waals surface area contributed by atoms with Crippen molar-refractivity contribution in [2.24, 2.45) is 0 Å². The number of ether oxygens (including phenoxy) is 2. The van der Waals surface area contributed by atoms with Crippen LogP contribution in [0.25, 0.3) is 10.8 Å². The smallest absolute Gasteiger partial charge is 0.342 e. The Balaban J connectivity index is 1.76. The fraction of sp³-hybridized carbons (Fsp3) is 0.182. The van der Waals surface area contributed by atoms with Gasteiger partial charge < -0.3 is 14.8 Å². The van der Waals surface area contributed by atoms with Crippen molar-refractivity contribution in [3.8, 4) is 5.75 Å². The third-order valence-electron chi connectivity index (χ3n) is 4.23. The van der Waals surface area contributed by atoms with E-state index in [0.29, 0.717) is 11.4 Å². The molecule has 5 heteroatoms. The molecule has 0 radical (unpaired) electrons. The highest BCUT2D eigenvalue weighted by atomic mass is 16.5. The molecule has 0 aromatic heterocycles. The zero-order valence-corrected chi connectivity index (χ0v) is 15.5. The van der Waals surface area contributed by atoms with Gasteiger partial charge >= 0.3 is 5.97 Å². The Morgan fingerprint density at radius 2 is 1.67 bits per heavy atom. The van der Waals surface area contributed by atoms with E-state index in [1.54, 1.807) is 18.2 Å². The van der Waals surface area contributed by atoms with Crippen LogP contribution in [0.1, 0.15) is 22.8 Å². The van der Waals surface area contributed by atoms with Gasteiger partial charge in [-0.1, -0.05) is 36.4 Å². The number of aryl methyl sites for hydroxylation is 1. The zero-order chi connectivity index (χ0) is 19.4. The maximum atomic E-state index is 12.6. The Bertz CT molecular complexity index is 997. The van der Waals surface area contributed by atoms with Crippen molar-refractivity contribution in [3.05, 3.63) is 71.8 Å². The Hall–Kier alpha value is -3.34. The molecule has 3 aromatic rings. The summed E-state index contributed by atoms with van der Waals surface area (Å²) in [4.78, 5) is 24.9. The monoisotopic (exact) mass is 363 g/mol. The van der Waals surface area contributed by atoms with Gasteiger partial charge in [-0.15, -0.1) is 0 Å². The third-order valence-corrected chi connectivity index (χ3v) is 4.23. The van der Waals surface area contributed by atoms with Gasteiger partial charge in [0, 0.05) is 5.69 Å². The van der Waals surface area contributed by atoms with Crippen LogP contribution in [0.5, 0.6) is 5.75 Å². The molecule has 0 aliphatic heterocycles. The number of benzene rings is 3. The molecule has 3 rings (SSSR count). The highest BCUT2D eigenvalue weighted by molar-refractivity contribution is 6.01. The Kier molecular flexibility index (Phi) is 5.41. The van der Waals surface area contributed by atoms with Crippen LogP contribution in [-0.4, -0.2) is 25.1 Å². The first-order valence-corrected chi connectivity index (χ1v) is 8.63. The predicted octanol–water partition coefficient (Wildman–Crippen LogP) is 4.34. The van der Waals surface area contributed by atoms with E-state index in [9.17, 15) is 9.59 Å². The molecule has 0 saturated carbocycles. The van der Waals surface area contributed by atoms with Crippen LogP contribution in [0, 0.1) is 6.92 Å². The molecule has 27 heavy (non-hydrogen) atoms. The van der Waals surface area contributed by atoms with Gasteiger partial charge in [0.25, 0.3) is 5.91 Å². The second-order valence-corrected chi connectivity index (χ2v) is 6.31. The maximum Gasteiger partial charge on any atom is 0.342 e. The number of carbonyl (C=O) groups is 2. The lowest BCUT2D eigenvalue weighted by Crippen LogP contribution is -2.30. The lowest BCUT2D eigenvalue weighted by atomic mass is 10.1. The number of methoxy groups -OCH3 is 1. The summed E-state index contributed by atoms with van der Waals surface area (Å²) in [6, 6.07) is 18.5. The van der Waals surface area contributed by atoms with E-state index in [0.717, 1.165) is 16.3 Å². The fourth-order valence-corrected chi connectivity index (χ4v) is 2.79. The zero-order valence-electron chi connectivity index (χ0n) is 15.5. The number of fused-ring (bicyclic) bond motifs is 1. The number of nitrogens with one attached hydrogen (secondary N) is 1.